The van der Waals surface area contributed by atoms with E-state index in [9.17, 15) is 14.4 Å². The van der Waals surface area contributed by atoms with Crippen molar-refractivity contribution in [3.8, 4) is 0 Å². The van der Waals surface area contributed by atoms with Crippen LogP contribution in [0.5, 0.6) is 0 Å². The largest absolute Gasteiger partial charge is 0.468 e. The number of hydrogen-bond acceptors (Lipinski definition) is 6. The van der Waals surface area contributed by atoms with Gasteiger partial charge in [-0.1, -0.05) is 72.3 Å². The Bertz CT molecular complexity index is 1480. The number of carbonyl (C=O) groups excluding carboxylic acids is 3. The Morgan fingerprint density at radius 3 is 2.42 bits per heavy atom. The van der Waals surface area contributed by atoms with Crippen LogP contribution in [0.15, 0.2) is 84.1 Å². The Morgan fingerprint density at radius 1 is 1.00 bits per heavy atom. The number of piperidine rings is 2. The van der Waals surface area contributed by atoms with E-state index in [0.29, 0.717) is 37.9 Å². The maximum atomic E-state index is 14.4. The minimum Gasteiger partial charge on any atom is -0.468 e. The van der Waals surface area contributed by atoms with E-state index >= 15 is 0 Å². The van der Waals surface area contributed by atoms with E-state index < -0.39 is 29.5 Å². The Balaban J connectivity index is 1.22. The lowest BCUT2D eigenvalue weighted by Gasteiger charge is -2.51. The molecule has 0 spiro atoms. The number of esters is 1. The highest BCUT2D eigenvalue weighted by Gasteiger charge is 2.59. The Kier molecular flexibility index (Phi) is 11.1. The molecule has 2 fully saturated rings. The summed E-state index contributed by atoms with van der Waals surface area (Å²) in [7, 11) is 1.39. The van der Waals surface area contributed by atoms with Gasteiger partial charge in [0.05, 0.1) is 26.4 Å². The van der Waals surface area contributed by atoms with Gasteiger partial charge in [0.25, 0.3) is 0 Å². The van der Waals surface area contributed by atoms with Crippen LogP contribution >= 0.6 is 0 Å². The van der Waals surface area contributed by atoms with E-state index in [-0.39, 0.29) is 31.3 Å². The van der Waals surface area contributed by atoms with Gasteiger partial charge in [0.2, 0.25) is 11.8 Å². The van der Waals surface area contributed by atoms with E-state index in [1.165, 1.54) is 24.7 Å². The Morgan fingerprint density at radius 2 is 1.73 bits per heavy atom. The van der Waals surface area contributed by atoms with Gasteiger partial charge in [0, 0.05) is 37.7 Å². The van der Waals surface area contributed by atoms with Gasteiger partial charge in [0.15, 0.2) is 0 Å². The second-order valence-corrected chi connectivity index (χ2v) is 13.9. The lowest BCUT2D eigenvalue weighted by molar-refractivity contribution is -0.178. The molecule has 2 saturated heterocycles. The summed E-state index contributed by atoms with van der Waals surface area (Å²) in [6.45, 7) is 4.38. The van der Waals surface area contributed by atoms with Crippen LogP contribution in [0, 0.1) is 11.3 Å². The maximum Gasteiger partial charge on any atom is 0.320 e. The van der Waals surface area contributed by atoms with Crippen molar-refractivity contribution in [2.45, 2.75) is 89.4 Å². The molecule has 2 amide bonds. The molecule has 8 nitrogen and oxygen atoms in total. The summed E-state index contributed by atoms with van der Waals surface area (Å²) in [5.41, 5.74) is 3.15. The molecule has 0 radical (unpaired) electrons. The summed E-state index contributed by atoms with van der Waals surface area (Å²) >= 11 is 0. The minimum atomic E-state index is -1.20. The predicted octanol–water partition coefficient (Wildman–Crippen LogP) is 6.57. The van der Waals surface area contributed by atoms with Crippen LogP contribution in [0.2, 0.25) is 0 Å². The van der Waals surface area contributed by atoms with E-state index in [1.807, 2.05) is 54.3 Å². The number of rotatable bonds is 11. The zero-order chi connectivity index (χ0) is 33.5. The highest BCUT2D eigenvalue weighted by molar-refractivity contribution is 5.92. The Hall–Kier alpha value is -3.75. The molecule has 0 saturated carbocycles. The standard InChI is InChI=1S/C40H50N2O6/c1-29-40(39(45)46-2)26-34(24-37(43)41-21-19-33(20-22-41)32-16-10-5-11-17-32)38(44)42(23-18-30-12-6-3-7-13-30)36(40)25-35(48-29)28-47-27-31-14-8-4-9-15-31/h4-5,8-12,14-17,25,29,33-35H,3,6-7,13,18-24,26-28H2,1-2H3/t29-,34+,35-,40+/m1/s1. The van der Waals surface area contributed by atoms with Crippen molar-refractivity contribution in [1.29, 1.82) is 0 Å². The van der Waals surface area contributed by atoms with Gasteiger partial charge in [0.1, 0.15) is 11.5 Å². The van der Waals surface area contributed by atoms with Crippen LogP contribution in [0.3, 0.4) is 0 Å². The molecule has 0 aromatic heterocycles. The smallest absolute Gasteiger partial charge is 0.320 e. The number of ether oxygens (including phenoxy) is 3. The van der Waals surface area contributed by atoms with Gasteiger partial charge in [-0.25, -0.2) is 0 Å². The summed E-state index contributed by atoms with van der Waals surface area (Å²) < 4.78 is 18.0. The number of carbonyl (C=O) groups is 3. The van der Waals surface area contributed by atoms with Crippen molar-refractivity contribution in [3.63, 3.8) is 0 Å². The molecule has 48 heavy (non-hydrogen) atoms. The molecule has 0 N–H and O–H groups in total. The molecule has 0 bridgehead atoms. The third kappa shape index (κ3) is 7.45. The molecule has 6 rings (SSSR count). The molecule has 0 unspecified atom stereocenters. The van der Waals surface area contributed by atoms with Gasteiger partial charge in [-0.05, 0) is 81.4 Å². The van der Waals surface area contributed by atoms with E-state index in [1.54, 1.807) is 4.90 Å². The molecule has 1 aliphatic carbocycles. The molecule has 3 heterocycles. The highest BCUT2D eigenvalue weighted by Crippen LogP contribution is 2.50. The minimum absolute atomic E-state index is 0.0289. The van der Waals surface area contributed by atoms with Crippen LogP contribution in [0.1, 0.15) is 81.8 Å². The fourth-order valence-electron chi connectivity index (χ4n) is 8.16. The van der Waals surface area contributed by atoms with Crippen LogP contribution in [0.4, 0.5) is 0 Å². The molecule has 3 aliphatic heterocycles. The first kappa shape index (κ1) is 34.1. The number of hydrogen-bond donors (Lipinski definition) is 0. The third-order valence-corrected chi connectivity index (χ3v) is 10.9. The van der Waals surface area contributed by atoms with Crippen molar-refractivity contribution in [2.24, 2.45) is 11.3 Å². The second-order valence-electron chi connectivity index (χ2n) is 13.9. The SMILES string of the molecule is COC(=O)[C@]12C[C@H](CC(=O)N3CCC(c4ccccc4)CC3)C(=O)N(CCC3=CCCCC3)C1=C[C@H](COCc1ccccc1)O[C@@H]2C. The van der Waals surface area contributed by atoms with E-state index in [4.69, 9.17) is 14.2 Å². The van der Waals surface area contributed by atoms with Crippen LogP contribution < -0.4 is 0 Å². The molecule has 4 aliphatic rings. The molecular weight excluding hydrogens is 604 g/mol. The van der Waals surface area contributed by atoms with Crippen LogP contribution in [-0.4, -0.2) is 73.1 Å². The van der Waals surface area contributed by atoms with Crippen molar-refractivity contribution >= 4 is 17.8 Å². The summed E-state index contributed by atoms with van der Waals surface area (Å²) in [5, 5.41) is 0. The monoisotopic (exact) mass is 654 g/mol. The summed E-state index contributed by atoms with van der Waals surface area (Å²) in [6, 6.07) is 20.4. The topological polar surface area (TPSA) is 85.4 Å². The number of allylic oxidation sites excluding steroid dienone is 1. The summed E-state index contributed by atoms with van der Waals surface area (Å²) in [5.74, 6) is -0.781. The maximum absolute atomic E-state index is 14.4. The zero-order valence-corrected chi connectivity index (χ0v) is 28.5. The van der Waals surface area contributed by atoms with Gasteiger partial charge in [-0.3, -0.25) is 14.4 Å². The van der Waals surface area contributed by atoms with E-state index in [0.717, 1.165) is 44.1 Å². The fourth-order valence-corrected chi connectivity index (χ4v) is 8.16. The molecular formula is C40H50N2O6. The first-order valence-electron chi connectivity index (χ1n) is 17.8. The van der Waals surface area contributed by atoms with Crippen molar-refractivity contribution < 1.29 is 28.6 Å². The summed E-state index contributed by atoms with van der Waals surface area (Å²) in [6.07, 6.45) is 10.4. The van der Waals surface area contributed by atoms with Gasteiger partial charge >= 0.3 is 5.97 Å². The number of methoxy groups -OCH3 is 1. The molecule has 4 atom stereocenters. The molecule has 8 heteroatoms. The Labute approximate surface area is 285 Å². The first-order valence-corrected chi connectivity index (χ1v) is 17.8. The highest BCUT2D eigenvalue weighted by atomic mass is 16.5. The molecule has 2 aromatic rings. The zero-order valence-electron chi connectivity index (χ0n) is 28.5. The van der Waals surface area contributed by atoms with Gasteiger partial charge in [-0.2, -0.15) is 0 Å². The quantitative estimate of drug-likeness (QED) is 0.201. The average Bonchev–Trinajstić information content (AvgIpc) is 3.13. The van der Waals surface area contributed by atoms with E-state index in [2.05, 4.69) is 30.3 Å². The number of likely N-dealkylation sites (tertiary alicyclic amines) is 2. The van der Waals surface area contributed by atoms with Gasteiger partial charge < -0.3 is 24.0 Å². The number of nitrogens with zero attached hydrogens (tertiary/aromatic N) is 2. The predicted molar refractivity (Wildman–Crippen MR) is 184 cm³/mol. The van der Waals surface area contributed by atoms with Crippen LogP contribution in [-0.2, 0) is 35.2 Å². The number of amides is 2. The van der Waals surface area contributed by atoms with Crippen molar-refractivity contribution in [2.75, 3.05) is 33.4 Å². The first-order chi connectivity index (χ1) is 23.4. The fraction of sp³-hybridized carbons (Fsp3) is 0.525. The van der Waals surface area contributed by atoms with Gasteiger partial charge in [-0.15, -0.1) is 0 Å². The average molecular weight is 655 g/mol. The lowest BCUT2D eigenvalue weighted by Crippen LogP contribution is -2.60. The number of benzene rings is 2. The van der Waals surface area contributed by atoms with Crippen LogP contribution in [0.25, 0.3) is 0 Å². The van der Waals surface area contributed by atoms with Crippen molar-refractivity contribution in [1.82, 2.24) is 9.80 Å². The third-order valence-electron chi connectivity index (χ3n) is 10.9. The molecule has 2 aromatic carbocycles. The summed E-state index contributed by atoms with van der Waals surface area (Å²) in [4.78, 5) is 45.8. The number of fused-ring (bicyclic) bond motifs is 1. The van der Waals surface area contributed by atoms with Crippen molar-refractivity contribution in [3.05, 3.63) is 95.2 Å². The lowest BCUT2D eigenvalue weighted by atomic mass is 9.66. The normalized spacial score (nSPS) is 26.4. The molecule has 256 valence electrons. The second kappa shape index (κ2) is 15.6.